The van der Waals surface area contributed by atoms with E-state index in [-0.39, 0.29) is 18.3 Å². The topological polar surface area (TPSA) is 75.3 Å². The normalized spacial score (nSPS) is 20.3. The highest BCUT2D eigenvalue weighted by atomic mass is 35.5. The van der Waals surface area contributed by atoms with Gasteiger partial charge in [-0.1, -0.05) is 32.1 Å². The summed E-state index contributed by atoms with van der Waals surface area (Å²) in [5, 5.41) is 11.4. The quantitative estimate of drug-likeness (QED) is 0.719. The Kier molecular flexibility index (Phi) is 7.78. The van der Waals surface area contributed by atoms with Crippen LogP contribution in [0.3, 0.4) is 0 Å². The Hall–Kier alpha value is -0.460. The fourth-order valence-electron chi connectivity index (χ4n) is 2.51. The van der Waals surface area contributed by atoms with Gasteiger partial charge in [-0.15, -0.1) is 12.4 Å². The van der Waals surface area contributed by atoms with Crippen molar-refractivity contribution in [2.24, 2.45) is 11.7 Å². The van der Waals surface area contributed by atoms with Crippen molar-refractivity contribution in [1.82, 2.24) is 5.32 Å². The molecule has 1 aliphatic carbocycles. The summed E-state index contributed by atoms with van der Waals surface area (Å²) < 4.78 is 26.9. The molecule has 19 heavy (non-hydrogen) atoms. The molecule has 2 atom stereocenters. The van der Waals surface area contributed by atoms with Crippen LogP contribution in [0.4, 0.5) is 8.78 Å². The summed E-state index contributed by atoms with van der Waals surface area (Å²) in [6, 6.07) is -1.07. The Balaban J connectivity index is 0.00000324. The largest absolute Gasteiger partial charge is 0.385 e. The summed E-state index contributed by atoms with van der Waals surface area (Å²) in [7, 11) is 1.11. The summed E-state index contributed by atoms with van der Waals surface area (Å²) in [6.45, 7) is 0. The van der Waals surface area contributed by atoms with Crippen LogP contribution in [0.1, 0.15) is 38.5 Å². The van der Waals surface area contributed by atoms with Crippen molar-refractivity contribution in [1.29, 1.82) is 0 Å². The van der Waals surface area contributed by atoms with Gasteiger partial charge in [-0.2, -0.15) is 8.78 Å². The lowest BCUT2D eigenvalue weighted by molar-refractivity contribution is -0.165. The number of aliphatic hydroxyl groups excluding tert-OH is 1. The predicted molar refractivity (Wildman–Crippen MR) is 71.4 cm³/mol. The zero-order valence-electron chi connectivity index (χ0n) is 11.1. The van der Waals surface area contributed by atoms with Crippen molar-refractivity contribution in [2.45, 2.75) is 56.6 Å². The van der Waals surface area contributed by atoms with Gasteiger partial charge in [0.2, 0.25) is 0 Å². The number of halogens is 3. The van der Waals surface area contributed by atoms with Crippen LogP contribution in [0.2, 0.25) is 0 Å². The molecule has 0 saturated heterocycles. The number of alkyl halides is 2. The lowest BCUT2D eigenvalue weighted by Crippen LogP contribution is -2.55. The molecule has 0 aromatic carbocycles. The molecule has 4 nitrogen and oxygen atoms in total. The van der Waals surface area contributed by atoms with Gasteiger partial charge in [0.05, 0.1) is 0 Å². The molecule has 114 valence electrons. The molecule has 0 heterocycles. The molecule has 0 spiro atoms. The molecule has 7 heteroatoms. The van der Waals surface area contributed by atoms with Crippen LogP contribution < -0.4 is 11.1 Å². The highest BCUT2D eigenvalue weighted by molar-refractivity contribution is 5.85. The fraction of sp³-hybridized carbons (Fsp3) is 0.917. The van der Waals surface area contributed by atoms with Crippen LogP contribution in [-0.4, -0.2) is 36.1 Å². The molecule has 0 aromatic rings. The zero-order chi connectivity index (χ0) is 13.8. The Morgan fingerprint density at radius 3 is 2.42 bits per heavy atom. The number of rotatable bonds is 5. The number of carbonyl (C=O) groups excluding carboxylic acids is 1. The predicted octanol–water partition coefficient (Wildman–Crippen LogP) is 1.45. The Bertz CT molecular complexity index is 287. The number of hydrogen-bond donors (Lipinski definition) is 3. The number of hydrogen-bond acceptors (Lipinski definition) is 3. The smallest absolute Gasteiger partial charge is 0.351 e. The van der Waals surface area contributed by atoms with E-state index in [1.165, 1.54) is 6.42 Å². The van der Waals surface area contributed by atoms with Crippen LogP contribution in [-0.2, 0) is 4.79 Å². The van der Waals surface area contributed by atoms with Gasteiger partial charge in [-0.05, 0) is 12.3 Å². The van der Waals surface area contributed by atoms with Crippen LogP contribution in [0, 0.1) is 5.92 Å². The molecule has 0 radical (unpaired) electrons. The van der Waals surface area contributed by atoms with Gasteiger partial charge >= 0.3 is 5.92 Å². The second kappa shape index (κ2) is 7.97. The Morgan fingerprint density at radius 2 is 1.95 bits per heavy atom. The highest BCUT2D eigenvalue weighted by Gasteiger charge is 2.48. The SMILES string of the molecule is CNC(=O)C(F)(F)[C@H](O)[C@@H](N)CC1CCCCC1.Cl. The molecule has 0 unspecified atom stereocenters. The van der Waals surface area contributed by atoms with Gasteiger partial charge in [0.25, 0.3) is 5.91 Å². The van der Waals surface area contributed by atoms with Crippen molar-refractivity contribution < 1.29 is 18.7 Å². The first-order chi connectivity index (χ1) is 8.39. The van der Waals surface area contributed by atoms with Gasteiger partial charge in [0.15, 0.2) is 0 Å². The molecular formula is C12H23ClF2N2O2. The van der Waals surface area contributed by atoms with Crippen LogP contribution in [0.5, 0.6) is 0 Å². The molecule has 1 rings (SSSR count). The van der Waals surface area contributed by atoms with Gasteiger partial charge in [0, 0.05) is 13.1 Å². The maximum Gasteiger partial charge on any atom is 0.351 e. The Labute approximate surface area is 118 Å². The van der Waals surface area contributed by atoms with Gasteiger partial charge in [-0.3, -0.25) is 4.79 Å². The van der Waals surface area contributed by atoms with Crippen molar-refractivity contribution in [2.75, 3.05) is 7.05 Å². The molecule has 0 aliphatic heterocycles. The maximum atomic E-state index is 13.5. The highest BCUT2D eigenvalue weighted by Crippen LogP contribution is 2.30. The van der Waals surface area contributed by atoms with E-state index >= 15 is 0 Å². The zero-order valence-corrected chi connectivity index (χ0v) is 11.9. The molecule has 0 bridgehead atoms. The molecule has 1 saturated carbocycles. The summed E-state index contributed by atoms with van der Waals surface area (Å²) in [5.41, 5.74) is 5.62. The second-order valence-corrected chi connectivity index (χ2v) is 5.05. The third-order valence-corrected chi connectivity index (χ3v) is 3.64. The van der Waals surface area contributed by atoms with E-state index in [1.807, 2.05) is 5.32 Å². The monoisotopic (exact) mass is 300 g/mol. The first-order valence-corrected chi connectivity index (χ1v) is 6.43. The van der Waals surface area contributed by atoms with E-state index in [4.69, 9.17) is 5.73 Å². The summed E-state index contributed by atoms with van der Waals surface area (Å²) in [4.78, 5) is 11.0. The van der Waals surface area contributed by atoms with Crippen LogP contribution in [0.25, 0.3) is 0 Å². The lowest BCUT2D eigenvalue weighted by atomic mass is 9.83. The number of carbonyl (C=O) groups is 1. The first-order valence-electron chi connectivity index (χ1n) is 6.43. The standard InChI is InChI=1S/C12H22F2N2O2.ClH/c1-16-11(18)12(13,14)10(17)9(15)7-8-5-3-2-4-6-8;/h8-10,17H,2-7,15H2,1H3,(H,16,18);1H/t9-,10+;/m0./s1. The van der Waals surface area contributed by atoms with Gasteiger partial charge in [-0.25, -0.2) is 0 Å². The summed E-state index contributed by atoms with van der Waals surface area (Å²) in [6.07, 6.45) is 3.48. The minimum Gasteiger partial charge on any atom is -0.385 e. The van der Waals surface area contributed by atoms with Crippen molar-refractivity contribution in [3.8, 4) is 0 Å². The average Bonchev–Trinajstić information content (AvgIpc) is 2.37. The average molecular weight is 301 g/mol. The molecule has 1 amide bonds. The van der Waals surface area contributed by atoms with Gasteiger partial charge < -0.3 is 16.2 Å². The molecule has 4 N–H and O–H groups in total. The van der Waals surface area contributed by atoms with Crippen molar-refractivity contribution >= 4 is 18.3 Å². The minimum atomic E-state index is -3.83. The van der Waals surface area contributed by atoms with E-state index in [0.717, 1.165) is 32.7 Å². The third kappa shape index (κ3) is 4.85. The number of amides is 1. The number of nitrogens with one attached hydrogen (secondary N) is 1. The molecule has 1 aliphatic rings. The van der Waals surface area contributed by atoms with E-state index < -0.39 is 24.0 Å². The van der Waals surface area contributed by atoms with Crippen LogP contribution in [0.15, 0.2) is 0 Å². The Morgan fingerprint density at radius 1 is 1.42 bits per heavy atom. The van der Waals surface area contributed by atoms with E-state index in [2.05, 4.69) is 0 Å². The van der Waals surface area contributed by atoms with Crippen LogP contribution >= 0.6 is 12.4 Å². The molecular weight excluding hydrogens is 278 g/mol. The van der Waals surface area contributed by atoms with Gasteiger partial charge in [0.1, 0.15) is 6.10 Å². The lowest BCUT2D eigenvalue weighted by Gasteiger charge is -2.30. The van der Waals surface area contributed by atoms with Crippen molar-refractivity contribution in [3.63, 3.8) is 0 Å². The first kappa shape index (κ1) is 18.5. The van der Waals surface area contributed by atoms with E-state index in [9.17, 15) is 18.7 Å². The van der Waals surface area contributed by atoms with E-state index in [1.54, 1.807) is 0 Å². The fourth-order valence-corrected chi connectivity index (χ4v) is 2.51. The maximum absolute atomic E-state index is 13.5. The minimum absolute atomic E-state index is 0. The second-order valence-electron chi connectivity index (χ2n) is 5.05. The summed E-state index contributed by atoms with van der Waals surface area (Å²) in [5.74, 6) is -5.04. The number of nitrogens with two attached hydrogens (primary N) is 1. The number of aliphatic hydroxyl groups is 1. The molecule has 0 aromatic heterocycles. The molecule has 1 fully saturated rings. The van der Waals surface area contributed by atoms with E-state index in [0.29, 0.717) is 6.42 Å². The summed E-state index contributed by atoms with van der Waals surface area (Å²) >= 11 is 0. The van der Waals surface area contributed by atoms with Crippen molar-refractivity contribution in [3.05, 3.63) is 0 Å². The third-order valence-electron chi connectivity index (χ3n) is 3.64.